The fraction of sp³-hybridized carbons (Fsp3) is 0.846. The number of ether oxygens (including phenoxy) is 1. The van der Waals surface area contributed by atoms with Crippen molar-refractivity contribution in [1.29, 1.82) is 0 Å². The van der Waals surface area contributed by atoms with E-state index in [9.17, 15) is 9.59 Å². The average molecular weight is 243 g/mol. The van der Waals surface area contributed by atoms with Gasteiger partial charge >= 0.3 is 6.09 Å². The molecule has 0 spiro atoms. The summed E-state index contributed by atoms with van der Waals surface area (Å²) < 4.78 is 5.08. The van der Waals surface area contributed by atoms with E-state index in [4.69, 9.17) is 4.74 Å². The molecule has 0 saturated heterocycles. The summed E-state index contributed by atoms with van der Waals surface area (Å²) >= 11 is 0. The Morgan fingerprint density at radius 3 is 2.00 bits per heavy atom. The van der Waals surface area contributed by atoms with Crippen molar-refractivity contribution in [2.75, 3.05) is 6.54 Å². The van der Waals surface area contributed by atoms with Gasteiger partial charge in [0.15, 0.2) is 0 Å². The third-order valence-electron chi connectivity index (χ3n) is 2.09. The Bertz CT molecular complexity index is 271. The molecule has 4 heteroatoms. The molecule has 0 aromatic heterocycles. The highest BCUT2D eigenvalue weighted by molar-refractivity contribution is 5.83. The standard InChI is InChI=1S/C13H25NO3/c1-12(2,3)10(15)8-7-9-14-11(16)17-13(4,5)6/h7-9H2,1-6H3,(H,14,16). The van der Waals surface area contributed by atoms with Crippen molar-refractivity contribution < 1.29 is 14.3 Å². The van der Waals surface area contributed by atoms with E-state index in [0.29, 0.717) is 19.4 Å². The molecule has 0 bridgehead atoms. The number of carbonyl (C=O) groups is 2. The molecule has 0 atom stereocenters. The molecule has 4 nitrogen and oxygen atoms in total. The molecular formula is C13H25NO3. The Kier molecular flexibility index (Phi) is 5.66. The maximum absolute atomic E-state index is 11.6. The number of alkyl carbamates (subject to hydrolysis) is 1. The lowest BCUT2D eigenvalue weighted by Gasteiger charge is -2.20. The third kappa shape index (κ3) is 8.72. The third-order valence-corrected chi connectivity index (χ3v) is 2.09. The van der Waals surface area contributed by atoms with Crippen molar-refractivity contribution in [3.8, 4) is 0 Å². The Balaban J connectivity index is 3.73. The van der Waals surface area contributed by atoms with Crippen molar-refractivity contribution in [2.45, 2.75) is 60.0 Å². The number of amides is 1. The molecule has 0 aromatic carbocycles. The smallest absolute Gasteiger partial charge is 0.407 e. The minimum atomic E-state index is -0.481. The first kappa shape index (κ1) is 15.9. The minimum absolute atomic E-state index is 0.212. The van der Waals surface area contributed by atoms with Gasteiger partial charge in [-0.05, 0) is 27.2 Å². The van der Waals surface area contributed by atoms with Gasteiger partial charge in [0.1, 0.15) is 11.4 Å². The van der Waals surface area contributed by atoms with E-state index in [1.54, 1.807) is 0 Å². The normalized spacial score (nSPS) is 12.1. The Labute approximate surface area is 104 Å². The van der Waals surface area contributed by atoms with Gasteiger partial charge in [0.2, 0.25) is 0 Å². The molecule has 1 amide bonds. The Hall–Kier alpha value is -1.06. The number of ketones is 1. The van der Waals surface area contributed by atoms with Crippen molar-refractivity contribution in [3.05, 3.63) is 0 Å². The molecule has 100 valence electrons. The average Bonchev–Trinajstić information content (AvgIpc) is 2.07. The van der Waals surface area contributed by atoms with Crippen LogP contribution in [0.1, 0.15) is 54.4 Å². The molecule has 0 aliphatic heterocycles. The lowest BCUT2D eigenvalue weighted by molar-refractivity contribution is -0.126. The molecule has 0 radical (unpaired) electrons. The minimum Gasteiger partial charge on any atom is -0.444 e. The van der Waals surface area contributed by atoms with Gasteiger partial charge in [-0.1, -0.05) is 20.8 Å². The lowest BCUT2D eigenvalue weighted by Crippen LogP contribution is -2.33. The topological polar surface area (TPSA) is 55.4 Å². The first-order valence-corrected chi connectivity index (χ1v) is 6.02. The molecule has 0 heterocycles. The van der Waals surface area contributed by atoms with Crippen LogP contribution in [-0.2, 0) is 9.53 Å². The zero-order valence-electron chi connectivity index (χ0n) is 11.8. The molecular weight excluding hydrogens is 218 g/mol. The molecule has 0 rings (SSSR count). The molecule has 0 aromatic rings. The van der Waals surface area contributed by atoms with E-state index in [1.807, 2.05) is 41.5 Å². The van der Waals surface area contributed by atoms with Crippen LogP contribution in [0.3, 0.4) is 0 Å². The Morgan fingerprint density at radius 2 is 1.59 bits per heavy atom. The number of carbonyl (C=O) groups excluding carboxylic acids is 2. The second-order valence-corrected chi connectivity index (χ2v) is 6.21. The van der Waals surface area contributed by atoms with Crippen molar-refractivity contribution in [3.63, 3.8) is 0 Å². The zero-order valence-corrected chi connectivity index (χ0v) is 11.8. The van der Waals surface area contributed by atoms with Crippen LogP contribution in [0, 0.1) is 5.41 Å². The van der Waals surface area contributed by atoms with E-state index in [2.05, 4.69) is 5.32 Å². The van der Waals surface area contributed by atoms with Crippen LogP contribution < -0.4 is 5.32 Å². The number of Topliss-reactive ketones (excluding diaryl/α,β-unsaturated/α-hetero) is 1. The van der Waals surface area contributed by atoms with Crippen molar-refractivity contribution >= 4 is 11.9 Å². The van der Waals surface area contributed by atoms with Crippen LogP contribution in [0.5, 0.6) is 0 Å². The van der Waals surface area contributed by atoms with Gasteiger partial charge in [0.05, 0.1) is 0 Å². The molecule has 0 saturated carbocycles. The number of nitrogens with one attached hydrogen (secondary N) is 1. The molecule has 0 aliphatic rings. The summed E-state index contributed by atoms with van der Waals surface area (Å²) in [5.41, 5.74) is -0.781. The highest BCUT2D eigenvalue weighted by Crippen LogP contribution is 2.17. The second-order valence-electron chi connectivity index (χ2n) is 6.21. The van der Waals surface area contributed by atoms with E-state index >= 15 is 0 Å². The first-order valence-electron chi connectivity index (χ1n) is 6.02. The molecule has 17 heavy (non-hydrogen) atoms. The molecule has 1 N–H and O–H groups in total. The van der Waals surface area contributed by atoms with Gasteiger partial charge in [-0.15, -0.1) is 0 Å². The van der Waals surface area contributed by atoms with E-state index < -0.39 is 11.7 Å². The summed E-state index contributed by atoms with van der Waals surface area (Å²) in [6.45, 7) is 11.6. The fourth-order valence-corrected chi connectivity index (χ4v) is 1.13. The maximum Gasteiger partial charge on any atom is 0.407 e. The molecule has 0 aliphatic carbocycles. The zero-order chi connectivity index (χ0) is 13.7. The van der Waals surface area contributed by atoms with Crippen molar-refractivity contribution in [1.82, 2.24) is 5.32 Å². The van der Waals surface area contributed by atoms with Gasteiger partial charge in [-0.3, -0.25) is 4.79 Å². The Morgan fingerprint density at radius 1 is 1.06 bits per heavy atom. The lowest BCUT2D eigenvalue weighted by atomic mass is 9.88. The van der Waals surface area contributed by atoms with Gasteiger partial charge in [-0.25, -0.2) is 4.79 Å². The van der Waals surface area contributed by atoms with Gasteiger partial charge in [0, 0.05) is 18.4 Å². The van der Waals surface area contributed by atoms with Crippen LogP contribution in [0.15, 0.2) is 0 Å². The predicted octanol–water partition coefficient (Wildman–Crippen LogP) is 2.91. The van der Waals surface area contributed by atoms with Gasteiger partial charge in [-0.2, -0.15) is 0 Å². The number of hydrogen-bond donors (Lipinski definition) is 1. The van der Waals surface area contributed by atoms with Crippen LogP contribution in [-0.4, -0.2) is 24.0 Å². The summed E-state index contributed by atoms with van der Waals surface area (Å²) in [6, 6.07) is 0. The number of hydrogen-bond acceptors (Lipinski definition) is 3. The summed E-state index contributed by atoms with van der Waals surface area (Å²) in [5, 5.41) is 2.63. The van der Waals surface area contributed by atoms with E-state index in [1.165, 1.54) is 0 Å². The van der Waals surface area contributed by atoms with E-state index in [-0.39, 0.29) is 11.2 Å². The number of rotatable bonds is 4. The van der Waals surface area contributed by atoms with E-state index in [0.717, 1.165) is 0 Å². The first-order chi connectivity index (χ1) is 7.52. The van der Waals surface area contributed by atoms with Gasteiger partial charge < -0.3 is 10.1 Å². The largest absolute Gasteiger partial charge is 0.444 e. The van der Waals surface area contributed by atoms with Crippen LogP contribution in [0.4, 0.5) is 4.79 Å². The predicted molar refractivity (Wildman–Crippen MR) is 67.9 cm³/mol. The van der Waals surface area contributed by atoms with Crippen LogP contribution >= 0.6 is 0 Å². The highest BCUT2D eigenvalue weighted by atomic mass is 16.6. The summed E-state index contributed by atoms with van der Waals surface area (Å²) in [6.07, 6.45) is 0.704. The van der Waals surface area contributed by atoms with Crippen LogP contribution in [0.2, 0.25) is 0 Å². The molecule has 0 unspecified atom stereocenters. The summed E-state index contributed by atoms with van der Waals surface area (Å²) in [4.78, 5) is 22.9. The maximum atomic E-state index is 11.6. The fourth-order valence-electron chi connectivity index (χ4n) is 1.13. The molecule has 0 fully saturated rings. The summed E-state index contributed by atoms with van der Waals surface area (Å²) in [7, 11) is 0. The quantitative estimate of drug-likeness (QED) is 0.772. The highest BCUT2D eigenvalue weighted by Gasteiger charge is 2.20. The SMILES string of the molecule is CC(C)(C)OC(=O)NCCCC(=O)C(C)(C)C. The summed E-state index contributed by atoms with van der Waals surface area (Å²) in [5.74, 6) is 0.212. The second kappa shape index (κ2) is 6.03. The van der Waals surface area contributed by atoms with Gasteiger partial charge in [0.25, 0.3) is 0 Å². The monoisotopic (exact) mass is 243 g/mol. The van der Waals surface area contributed by atoms with Crippen molar-refractivity contribution in [2.24, 2.45) is 5.41 Å². The van der Waals surface area contributed by atoms with Crippen LogP contribution in [0.25, 0.3) is 0 Å².